The molecule has 0 radical (unpaired) electrons. The van der Waals surface area contributed by atoms with Gasteiger partial charge in [-0.1, -0.05) is 13.8 Å². The predicted molar refractivity (Wildman–Crippen MR) is 80.1 cm³/mol. The molecule has 1 aromatic rings. The third kappa shape index (κ3) is 4.52. The molecule has 1 heterocycles. The van der Waals surface area contributed by atoms with E-state index in [1.807, 2.05) is 30.7 Å². The van der Waals surface area contributed by atoms with Crippen LogP contribution in [0, 0.1) is 5.41 Å². The summed E-state index contributed by atoms with van der Waals surface area (Å²) in [7, 11) is 0. The Morgan fingerprint density at radius 3 is 2.50 bits per heavy atom. The minimum absolute atomic E-state index is 0.152. The summed E-state index contributed by atoms with van der Waals surface area (Å²) >= 11 is 1.63. The zero-order valence-corrected chi connectivity index (χ0v) is 12.8. The predicted octanol–water partition coefficient (Wildman–Crippen LogP) is 2.48. The van der Waals surface area contributed by atoms with E-state index in [1.165, 1.54) is 5.56 Å². The van der Waals surface area contributed by atoms with E-state index in [2.05, 4.69) is 10.6 Å². The molecule has 0 saturated carbocycles. The molecule has 0 aliphatic carbocycles. The Hall–Kier alpha value is -1.56. The molecule has 112 valence electrons. The van der Waals surface area contributed by atoms with Crippen LogP contribution in [0.1, 0.15) is 32.3 Å². The Balaban J connectivity index is 2.33. The Kier molecular flexibility index (Phi) is 6.51. The third-order valence-electron chi connectivity index (χ3n) is 3.67. The van der Waals surface area contributed by atoms with Gasteiger partial charge < -0.3 is 15.7 Å². The van der Waals surface area contributed by atoms with E-state index in [1.54, 1.807) is 11.3 Å². The molecule has 0 saturated heterocycles. The molecular formula is C14H22N2O3S. The van der Waals surface area contributed by atoms with Gasteiger partial charge in [-0.3, -0.25) is 4.79 Å². The lowest BCUT2D eigenvalue weighted by Crippen LogP contribution is -2.46. The minimum Gasteiger partial charge on any atom is -0.481 e. The molecule has 3 N–H and O–H groups in total. The van der Waals surface area contributed by atoms with Crippen LogP contribution in [-0.4, -0.2) is 30.2 Å². The molecule has 0 aromatic carbocycles. The van der Waals surface area contributed by atoms with E-state index in [-0.39, 0.29) is 12.6 Å². The third-order valence-corrected chi connectivity index (χ3v) is 4.41. The number of aliphatic carboxylic acids is 1. The van der Waals surface area contributed by atoms with Gasteiger partial charge in [0.25, 0.3) is 0 Å². The zero-order chi connectivity index (χ0) is 15.0. The summed E-state index contributed by atoms with van der Waals surface area (Å²) in [5, 5.41) is 18.7. The summed E-state index contributed by atoms with van der Waals surface area (Å²) in [5.41, 5.74) is 0.322. The van der Waals surface area contributed by atoms with E-state index in [0.29, 0.717) is 19.4 Å². The number of hydrogen-bond acceptors (Lipinski definition) is 3. The van der Waals surface area contributed by atoms with Crippen LogP contribution in [0.15, 0.2) is 16.8 Å². The van der Waals surface area contributed by atoms with Crippen molar-refractivity contribution in [3.05, 3.63) is 22.4 Å². The molecule has 0 spiro atoms. The van der Waals surface area contributed by atoms with Gasteiger partial charge in [0.1, 0.15) is 0 Å². The summed E-state index contributed by atoms with van der Waals surface area (Å²) in [6.07, 6.45) is 1.77. The fourth-order valence-corrected chi connectivity index (χ4v) is 2.65. The first-order valence-corrected chi connectivity index (χ1v) is 7.74. The molecule has 5 nitrogen and oxygen atoms in total. The van der Waals surface area contributed by atoms with Gasteiger partial charge in [-0.05, 0) is 41.7 Å². The van der Waals surface area contributed by atoms with E-state index in [4.69, 9.17) is 0 Å². The molecule has 20 heavy (non-hydrogen) atoms. The number of carbonyl (C=O) groups excluding carboxylic acids is 1. The second-order valence-electron chi connectivity index (χ2n) is 4.78. The SMILES string of the molecule is CCC(CC)(CNC(=O)NCCc1ccsc1)C(=O)O. The smallest absolute Gasteiger partial charge is 0.314 e. The molecule has 0 aliphatic rings. The molecule has 0 aliphatic heterocycles. The van der Waals surface area contributed by atoms with E-state index in [0.717, 1.165) is 6.42 Å². The van der Waals surface area contributed by atoms with Crippen LogP contribution in [-0.2, 0) is 11.2 Å². The van der Waals surface area contributed by atoms with Crippen LogP contribution in [0.4, 0.5) is 4.79 Å². The Morgan fingerprint density at radius 2 is 2.00 bits per heavy atom. The van der Waals surface area contributed by atoms with Crippen molar-refractivity contribution in [2.45, 2.75) is 33.1 Å². The largest absolute Gasteiger partial charge is 0.481 e. The molecule has 0 unspecified atom stereocenters. The topological polar surface area (TPSA) is 78.4 Å². The highest BCUT2D eigenvalue weighted by Gasteiger charge is 2.35. The summed E-state index contributed by atoms with van der Waals surface area (Å²) in [6, 6.07) is 1.71. The first kappa shape index (κ1) is 16.5. The maximum absolute atomic E-state index is 11.7. The molecule has 6 heteroatoms. The monoisotopic (exact) mass is 298 g/mol. The maximum atomic E-state index is 11.7. The fourth-order valence-electron chi connectivity index (χ4n) is 1.95. The van der Waals surface area contributed by atoms with Crippen LogP contribution >= 0.6 is 11.3 Å². The number of nitrogens with one attached hydrogen (secondary N) is 2. The van der Waals surface area contributed by atoms with Gasteiger partial charge in [-0.15, -0.1) is 0 Å². The van der Waals surface area contributed by atoms with Gasteiger partial charge in [0.2, 0.25) is 0 Å². The van der Waals surface area contributed by atoms with Gasteiger partial charge in [-0.25, -0.2) is 4.79 Å². The average Bonchev–Trinajstić information content (AvgIpc) is 2.93. The average molecular weight is 298 g/mol. The highest BCUT2D eigenvalue weighted by Crippen LogP contribution is 2.25. The Bertz CT molecular complexity index is 428. The first-order valence-electron chi connectivity index (χ1n) is 6.80. The summed E-state index contributed by atoms with van der Waals surface area (Å²) < 4.78 is 0. The summed E-state index contributed by atoms with van der Waals surface area (Å²) in [5.74, 6) is -0.860. The normalized spacial score (nSPS) is 11.1. The molecule has 1 aromatic heterocycles. The molecule has 0 fully saturated rings. The van der Waals surface area contributed by atoms with Crippen LogP contribution in [0.3, 0.4) is 0 Å². The van der Waals surface area contributed by atoms with Crippen LogP contribution in [0.25, 0.3) is 0 Å². The van der Waals surface area contributed by atoms with E-state index >= 15 is 0 Å². The van der Waals surface area contributed by atoms with Gasteiger partial charge in [-0.2, -0.15) is 11.3 Å². The molecule has 0 bridgehead atoms. The molecule has 0 atom stereocenters. The standard InChI is InChI=1S/C14H22N2O3S/c1-3-14(4-2,12(17)18)10-16-13(19)15-7-5-11-6-8-20-9-11/h6,8-9H,3-5,7,10H2,1-2H3,(H,17,18)(H2,15,16,19). The van der Waals surface area contributed by atoms with Crippen molar-refractivity contribution in [1.29, 1.82) is 0 Å². The Morgan fingerprint density at radius 1 is 1.30 bits per heavy atom. The molecule has 2 amide bonds. The van der Waals surface area contributed by atoms with Crippen LogP contribution in [0.2, 0.25) is 0 Å². The highest BCUT2D eigenvalue weighted by atomic mass is 32.1. The van der Waals surface area contributed by atoms with Crippen molar-refractivity contribution in [2.24, 2.45) is 5.41 Å². The molecular weight excluding hydrogens is 276 g/mol. The fraction of sp³-hybridized carbons (Fsp3) is 0.571. The quantitative estimate of drug-likeness (QED) is 0.690. The number of amides is 2. The van der Waals surface area contributed by atoms with Gasteiger partial charge in [0.15, 0.2) is 0 Å². The highest BCUT2D eigenvalue weighted by molar-refractivity contribution is 7.07. The summed E-state index contributed by atoms with van der Waals surface area (Å²) in [4.78, 5) is 23.0. The first-order chi connectivity index (χ1) is 9.54. The zero-order valence-electron chi connectivity index (χ0n) is 11.9. The van der Waals surface area contributed by atoms with E-state index in [9.17, 15) is 14.7 Å². The van der Waals surface area contributed by atoms with Crippen LogP contribution < -0.4 is 10.6 Å². The maximum Gasteiger partial charge on any atom is 0.314 e. The van der Waals surface area contributed by atoms with E-state index < -0.39 is 11.4 Å². The van der Waals surface area contributed by atoms with Crippen LogP contribution in [0.5, 0.6) is 0 Å². The number of urea groups is 1. The second-order valence-corrected chi connectivity index (χ2v) is 5.56. The molecule has 1 rings (SSSR count). The number of carboxylic acids is 1. The number of hydrogen-bond donors (Lipinski definition) is 3. The van der Waals surface area contributed by atoms with Gasteiger partial charge in [0.05, 0.1) is 5.41 Å². The van der Waals surface area contributed by atoms with Gasteiger partial charge in [0, 0.05) is 13.1 Å². The number of carboxylic acid groups (broad SMARTS) is 1. The van der Waals surface area contributed by atoms with Crippen molar-refractivity contribution in [1.82, 2.24) is 10.6 Å². The Labute approximate surface area is 123 Å². The minimum atomic E-state index is -0.870. The van der Waals surface area contributed by atoms with Crippen molar-refractivity contribution in [3.63, 3.8) is 0 Å². The lowest BCUT2D eigenvalue weighted by molar-refractivity contribution is -0.149. The van der Waals surface area contributed by atoms with Crippen molar-refractivity contribution in [2.75, 3.05) is 13.1 Å². The second kappa shape index (κ2) is 7.89. The lowest BCUT2D eigenvalue weighted by Gasteiger charge is -2.26. The van der Waals surface area contributed by atoms with Gasteiger partial charge >= 0.3 is 12.0 Å². The summed E-state index contributed by atoms with van der Waals surface area (Å²) in [6.45, 7) is 4.35. The lowest BCUT2D eigenvalue weighted by atomic mass is 9.82. The number of rotatable bonds is 8. The van der Waals surface area contributed by atoms with Crippen molar-refractivity contribution >= 4 is 23.3 Å². The van der Waals surface area contributed by atoms with Crippen molar-refractivity contribution in [3.8, 4) is 0 Å². The number of carbonyl (C=O) groups is 2. The van der Waals surface area contributed by atoms with Crippen molar-refractivity contribution < 1.29 is 14.7 Å². The number of thiophene rings is 1.